The summed E-state index contributed by atoms with van der Waals surface area (Å²) in [6, 6.07) is 16.4. The molecule has 0 fully saturated rings. The number of hydrazone groups is 1. The number of primary amides is 1. The minimum absolute atomic E-state index is 0.227. The zero-order chi connectivity index (χ0) is 27.4. The predicted molar refractivity (Wildman–Crippen MR) is 144 cm³/mol. The maximum Gasteiger partial charge on any atom is 0.337 e. The summed E-state index contributed by atoms with van der Waals surface area (Å²) in [5.41, 5.74) is 9.59. The highest BCUT2D eigenvalue weighted by atomic mass is 16.5. The van der Waals surface area contributed by atoms with Crippen LogP contribution in [0, 0.1) is 0 Å². The number of anilines is 1. The summed E-state index contributed by atoms with van der Waals surface area (Å²) in [6.45, 7) is 1.92. The van der Waals surface area contributed by atoms with Crippen LogP contribution in [0.25, 0.3) is 0 Å². The van der Waals surface area contributed by atoms with Crippen LogP contribution in [0.2, 0.25) is 0 Å². The standard InChI is InChI=1S/C28H29N5O5/c1-16-13-20-14-23(37-3)24(38-4)15-22(20)25(32-33(16)28(36)30-2)17-5-7-19(8-6-17)27(35)31-21-11-9-18(10-12-21)26(29)34/h5-12,14-16H,13H2,1-4H3,(H2,29,34)(H,30,36)(H,31,35). The lowest BCUT2D eigenvalue weighted by Crippen LogP contribution is -2.41. The second-order valence-electron chi connectivity index (χ2n) is 8.74. The predicted octanol–water partition coefficient (Wildman–Crippen LogP) is 3.39. The number of nitrogens with two attached hydrogens (primary N) is 1. The second-order valence-corrected chi connectivity index (χ2v) is 8.74. The maximum atomic E-state index is 12.8. The molecule has 38 heavy (non-hydrogen) atoms. The van der Waals surface area contributed by atoms with Gasteiger partial charge in [0.05, 0.1) is 26.0 Å². The van der Waals surface area contributed by atoms with Gasteiger partial charge in [0.1, 0.15) is 0 Å². The first-order valence-electron chi connectivity index (χ1n) is 11.9. The monoisotopic (exact) mass is 515 g/mol. The summed E-state index contributed by atoms with van der Waals surface area (Å²) in [7, 11) is 4.70. The van der Waals surface area contributed by atoms with Gasteiger partial charge in [0.15, 0.2) is 11.5 Å². The number of nitrogens with zero attached hydrogens (tertiary/aromatic N) is 2. The zero-order valence-corrected chi connectivity index (χ0v) is 21.6. The molecule has 196 valence electrons. The topological polar surface area (TPSA) is 135 Å². The van der Waals surface area contributed by atoms with E-state index in [0.29, 0.717) is 46.0 Å². The van der Waals surface area contributed by atoms with Crippen LogP contribution in [0.3, 0.4) is 0 Å². The van der Waals surface area contributed by atoms with Gasteiger partial charge in [0.25, 0.3) is 5.91 Å². The van der Waals surface area contributed by atoms with Crippen molar-refractivity contribution in [1.82, 2.24) is 10.3 Å². The van der Waals surface area contributed by atoms with Crippen LogP contribution in [0.15, 0.2) is 65.8 Å². The molecular weight excluding hydrogens is 486 g/mol. The van der Waals surface area contributed by atoms with E-state index in [2.05, 4.69) is 10.6 Å². The minimum atomic E-state index is -0.540. The Morgan fingerprint density at radius 3 is 2.13 bits per heavy atom. The number of carbonyl (C=O) groups excluding carboxylic acids is 3. The van der Waals surface area contributed by atoms with E-state index in [1.807, 2.05) is 19.1 Å². The number of methoxy groups -OCH3 is 2. The average molecular weight is 516 g/mol. The molecule has 4 rings (SSSR count). The van der Waals surface area contributed by atoms with Crippen LogP contribution in [0.5, 0.6) is 11.5 Å². The van der Waals surface area contributed by atoms with Crippen LogP contribution in [-0.4, -0.2) is 55.9 Å². The molecule has 0 saturated heterocycles. The van der Waals surface area contributed by atoms with E-state index in [9.17, 15) is 14.4 Å². The van der Waals surface area contributed by atoms with Crippen LogP contribution in [0.4, 0.5) is 10.5 Å². The first-order valence-corrected chi connectivity index (χ1v) is 11.9. The summed E-state index contributed by atoms with van der Waals surface area (Å²) >= 11 is 0. The molecule has 4 N–H and O–H groups in total. The highest BCUT2D eigenvalue weighted by Crippen LogP contribution is 2.34. The molecule has 0 aromatic heterocycles. The molecule has 4 amide bonds. The van der Waals surface area contributed by atoms with Gasteiger partial charge in [-0.2, -0.15) is 5.10 Å². The Kier molecular flexibility index (Phi) is 7.61. The van der Waals surface area contributed by atoms with Crippen molar-refractivity contribution in [2.75, 3.05) is 26.6 Å². The van der Waals surface area contributed by atoms with Crippen molar-refractivity contribution in [3.8, 4) is 11.5 Å². The highest BCUT2D eigenvalue weighted by Gasteiger charge is 2.28. The van der Waals surface area contributed by atoms with Gasteiger partial charge in [-0.3, -0.25) is 9.59 Å². The number of hydrogen-bond acceptors (Lipinski definition) is 6. The number of urea groups is 1. The van der Waals surface area contributed by atoms with E-state index in [1.165, 1.54) is 5.01 Å². The van der Waals surface area contributed by atoms with Gasteiger partial charge in [-0.15, -0.1) is 0 Å². The zero-order valence-electron chi connectivity index (χ0n) is 21.6. The molecule has 1 aliphatic heterocycles. The lowest BCUT2D eigenvalue weighted by atomic mass is 9.93. The molecule has 1 heterocycles. The van der Waals surface area contributed by atoms with Gasteiger partial charge in [0, 0.05) is 35.0 Å². The number of carbonyl (C=O) groups is 3. The Balaban J connectivity index is 1.69. The Labute approximate surface area is 220 Å². The molecule has 0 saturated carbocycles. The number of benzene rings is 3. The van der Waals surface area contributed by atoms with Gasteiger partial charge in [0.2, 0.25) is 5.91 Å². The quantitative estimate of drug-likeness (QED) is 0.462. The smallest absolute Gasteiger partial charge is 0.337 e. The second kappa shape index (κ2) is 11.0. The molecule has 1 atom stereocenters. The Hall–Kier alpha value is -4.86. The molecule has 0 bridgehead atoms. The molecule has 1 unspecified atom stereocenters. The summed E-state index contributed by atoms with van der Waals surface area (Å²) in [5, 5.41) is 11.6. The first-order chi connectivity index (χ1) is 18.2. The third kappa shape index (κ3) is 5.29. The molecule has 10 nitrogen and oxygen atoms in total. The normalized spacial score (nSPS) is 14.5. The van der Waals surface area contributed by atoms with Crippen LogP contribution >= 0.6 is 0 Å². The van der Waals surface area contributed by atoms with E-state index in [4.69, 9.17) is 20.3 Å². The highest BCUT2D eigenvalue weighted by molar-refractivity contribution is 6.15. The van der Waals surface area contributed by atoms with Crippen molar-refractivity contribution >= 4 is 29.2 Å². The largest absolute Gasteiger partial charge is 0.493 e. The number of fused-ring (bicyclic) bond motifs is 1. The SMILES string of the molecule is CNC(=O)N1N=C(c2ccc(C(=O)Nc3ccc(C(N)=O)cc3)cc2)c2cc(OC)c(OC)cc2CC1C. The Morgan fingerprint density at radius 2 is 1.55 bits per heavy atom. The summed E-state index contributed by atoms with van der Waals surface area (Å²) in [6.07, 6.45) is 0.547. The molecule has 0 spiro atoms. The van der Waals surface area contributed by atoms with Crippen molar-refractivity contribution in [3.05, 3.63) is 88.5 Å². The molecular formula is C28H29N5O5. The minimum Gasteiger partial charge on any atom is -0.493 e. The summed E-state index contributed by atoms with van der Waals surface area (Å²) < 4.78 is 11.0. The van der Waals surface area contributed by atoms with Gasteiger partial charge >= 0.3 is 6.03 Å². The third-order valence-electron chi connectivity index (χ3n) is 6.27. The fourth-order valence-corrected chi connectivity index (χ4v) is 4.25. The van der Waals surface area contributed by atoms with Crippen molar-refractivity contribution < 1.29 is 23.9 Å². The van der Waals surface area contributed by atoms with Crippen molar-refractivity contribution in [2.45, 2.75) is 19.4 Å². The number of amides is 4. The molecule has 1 aliphatic rings. The molecule has 0 aliphatic carbocycles. The van der Waals surface area contributed by atoms with Gasteiger partial charge in [-0.05, 0) is 67.4 Å². The van der Waals surface area contributed by atoms with E-state index in [-0.39, 0.29) is 18.0 Å². The summed E-state index contributed by atoms with van der Waals surface area (Å²) in [5.74, 6) is 0.265. The number of ether oxygens (including phenoxy) is 2. The van der Waals surface area contributed by atoms with Gasteiger partial charge in [-0.1, -0.05) is 12.1 Å². The van der Waals surface area contributed by atoms with E-state index in [1.54, 1.807) is 69.8 Å². The van der Waals surface area contributed by atoms with Gasteiger partial charge in [-0.25, -0.2) is 9.80 Å². The molecule has 3 aromatic carbocycles. The maximum absolute atomic E-state index is 12.8. The van der Waals surface area contributed by atoms with Crippen LogP contribution in [-0.2, 0) is 6.42 Å². The third-order valence-corrected chi connectivity index (χ3v) is 6.27. The molecule has 3 aromatic rings. The van der Waals surface area contributed by atoms with Gasteiger partial charge < -0.3 is 25.8 Å². The number of hydrogen-bond donors (Lipinski definition) is 3. The number of rotatable bonds is 6. The average Bonchev–Trinajstić information content (AvgIpc) is 3.07. The first kappa shape index (κ1) is 26.2. The molecule has 0 radical (unpaired) electrons. The lowest BCUT2D eigenvalue weighted by molar-refractivity contribution is 0.0998. The fraction of sp³-hybridized carbons (Fsp3) is 0.214. The molecule has 10 heteroatoms. The summed E-state index contributed by atoms with van der Waals surface area (Å²) in [4.78, 5) is 36.8. The van der Waals surface area contributed by atoms with Crippen molar-refractivity contribution in [1.29, 1.82) is 0 Å². The number of nitrogens with one attached hydrogen (secondary N) is 2. The van der Waals surface area contributed by atoms with Crippen molar-refractivity contribution in [2.24, 2.45) is 10.8 Å². The Morgan fingerprint density at radius 1 is 0.947 bits per heavy atom. The van der Waals surface area contributed by atoms with Crippen LogP contribution < -0.4 is 25.8 Å². The van der Waals surface area contributed by atoms with E-state index < -0.39 is 5.91 Å². The lowest BCUT2D eigenvalue weighted by Gasteiger charge is -2.22. The fourth-order valence-electron chi connectivity index (χ4n) is 4.25. The van der Waals surface area contributed by atoms with Crippen LogP contribution in [0.1, 0.15) is 44.3 Å². The Bertz CT molecular complexity index is 1400. The van der Waals surface area contributed by atoms with Crippen molar-refractivity contribution in [3.63, 3.8) is 0 Å². The van der Waals surface area contributed by atoms with E-state index >= 15 is 0 Å². The van der Waals surface area contributed by atoms with E-state index in [0.717, 1.165) is 11.1 Å².